The van der Waals surface area contributed by atoms with Crippen LogP contribution in [-0.4, -0.2) is 39.4 Å². The maximum atomic E-state index is 12.8. The van der Waals surface area contributed by atoms with Crippen LogP contribution in [0.5, 0.6) is 0 Å². The molecule has 144 valence electrons. The van der Waals surface area contributed by atoms with Crippen LogP contribution >= 0.6 is 0 Å². The zero-order valence-electron chi connectivity index (χ0n) is 15.8. The number of carbonyl (C=O) groups excluding carboxylic acids is 2. The fraction of sp³-hybridized carbons (Fsp3) is 0.318. The van der Waals surface area contributed by atoms with Crippen LogP contribution in [0.15, 0.2) is 54.6 Å². The number of imidazole rings is 1. The molecule has 0 saturated carbocycles. The minimum atomic E-state index is -0.151. The van der Waals surface area contributed by atoms with Crippen molar-refractivity contribution in [2.24, 2.45) is 0 Å². The van der Waals surface area contributed by atoms with E-state index < -0.39 is 0 Å². The molecule has 1 aliphatic rings. The molecule has 28 heavy (non-hydrogen) atoms. The third kappa shape index (κ3) is 3.91. The summed E-state index contributed by atoms with van der Waals surface area (Å²) in [6, 6.07) is 16.9. The lowest BCUT2D eigenvalue weighted by atomic mass is 10.1. The van der Waals surface area contributed by atoms with Crippen LogP contribution < -0.4 is 5.32 Å². The van der Waals surface area contributed by atoms with E-state index in [4.69, 9.17) is 0 Å². The molecular weight excluding hydrogens is 352 g/mol. The second kappa shape index (κ2) is 8.25. The molecule has 1 N–H and O–H groups in total. The lowest BCUT2D eigenvalue weighted by Crippen LogP contribution is -2.38. The van der Waals surface area contributed by atoms with Gasteiger partial charge in [0.25, 0.3) is 5.91 Å². The zero-order chi connectivity index (χ0) is 19.3. The van der Waals surface area contributed by atoms with Gasteiger partial charge in [0.1, 0.15) is 12.4 Å². The topological polar surface area (TPSA) is 67.2 Å². The largest absolute Gasteiger partial charge is 0.345 e. The number of piperidine rings is 1. The van der Waals surface area contributed by atoms with Gasteiger partial charge in [-0.15, -0.1) is 0 Å². The maximum absolute atomic E-state index is 12.8. The minimum absolute atomic E-state index is 0.110. The lowest BCUT2D eigenvalue weighted by molar-refractivity contribution is -0.132. The number of fused-ring (bicyclic) bond motifs is 1. The molecule has 2 heterocycles. The summed E-state index contributed by atoms with van der Waals surface area (Å²) in [6.07, 6.45) is 3.32. The Morgan fingerprint density at radius 2 is 1.64 bits per heavy atom. The predicted molar refractivity (Wildman–Crippen MR) is 108 cm³/mol. The van der Waals surface area contributed by atoms with Crippen molar-refractivity contribution in [3.05, 3.63) is 66.0 Å². The monoisotopic (exact) mass is 376 g/mol. The Morgan fingerprint density at radius 1 is 0.929 bits per heavy atom. The first kappa shape index (κ1) is 18.2. The fourth-order valence-electron chi connectivity index (χ4n) is 3.67. The van der Waals surface area contributed by atoms with E-state index in [2.05, 4.69) is 10.3 Å². The van der Waals surface area contributed by atoms with Crippen LogP contribution in [0.1, 0.15) is 35.4 Å². The van der Waals surface area contributed by atoms with E-state index in [1.54, 1.807) is 12.1 Å². The maximum Gasteiger partial charge on any atom is 0.251 e. The van der Waals surface area contributed by atoms with Gasteiger partial charge in [0.05, 0.1) is 17.6 Å². The van der Waals surface area contributed by atoms with Crippen molar-refractivity contribution in [1.29, 1.82) is 0 Å². The smallest absolute Gasteiger partial charge is 0.251 e. The third-order valence-electron chi connectivity index (χ3n) is 5.18. The van der Waals surface area contributed by atoms with E-state index in [-0.39, 0.29) is 24.9 Å². The van der Waals surface area contributed by atoms with Gasteiger partial charge in [-0.1, -0.05) is 30.3 Å². The standard InChI is InChI=1S/C22H24N4O2/c27-21(25-13-7-2-8-14-25)16-26-19-12-6-5-11-18(19)24-20(26)15-23-22(28)17-9-3-1-4-10-17/h1,3-6,9-12H,2,7-8,13-16H2,(H,23,28). The molecule has 6 heteroatoms. The fourth-order valence-corrected chi connectivity index (χ4v) is 3.67. The Morgan fingerprint density at radius 3 is 2.43 bits per heavy atom. The molecule has 1 aliphatic heterocycles. The Balaban J connectivity index is 1.54. The van der Waals surface area contributed by atoms with Crippen LogP contribution in [0.3, 0.4) is 0 Å². The highest BCUT2D eigenvalue weighted by molar-refractivity contribution is 5.94. The summed E-state index contributed by atoms with van der Waals surface area (Å²) in [5.74, 6) is 0.649. The zero-order valence-corrected chi connectivity index (χ0v) is 15.8. The van der Waals surface area contributed by atoms with Gasteiger partial charge >= 0.3 is 0 Å². The number of hydrogen-bond acceptors (Lipinski definition) is 3. The Labute approximate surface area is 164 Å². The second-order valence-corrected chi connectivity index (χ2v) is 7.09. The number of amides is 2. The van der Waals surface area contributed by atoms with Gasteiger partial charge in [0.2, 0.25) is 5.91 Å². The van der Waals surface area contributed by atoms with Crippen molar-refractivity contribution in [2.75, 3.05) is 13.1 Å². The summed E-state index contributed by atoms with van der Waals surface area (Å²) in [5, 5.41) is 2.92. The third-order valence-corrected chi connectivity index (χ3v) is 5.18. The van der Waals surface area contributed by atoms with Gasteiger partial charge < -0.3 is 14.8 Å². The molecule has 0 radical (unpaired) electrons. The summed E-state index contributed by atoms with van der Waals surface area (Å²) in [5.41, 5.74) is 2.35. The number of hydrogen-bond donors (Lipinski definition) is 1. The second-order valence-electron chi connectivity index (χ2n) is 7.09. The number of carbonyl (C=O) groups is 2. The first-order valence-corrected chi connectivity index (χ1v) is 9.77. The van der Waals surface area contributed by atoms with E-state index in [1.807, 2.05) is 51.9 Å². The average molecular weight is 376 g/mol. The summed E-state index contributed by atoms with van der Waals surface area (Å²) in [6.45, 7) is 2.17. The quantitative estimate of drug-likeness (QED) is 0.744. The summed E-state index contributed by atoms with van der Waals surface area (Å²) >= 11 is 0. The molecule has 4 rings (SSSR count). The molecule has 1 aromatic heterocycles. The van der Waals surface area contributed by atoms with Gasteiger partial charge in [-0.3, -0.25) is 9.59 Å². The summed E-state index contributed by atoms with van der Waals surface area (Å²) in [4.78, 5) is 31.8. The molecule has 1 fully saturated rings. The molecular formula is C22H24N4O2. The molecule has 0 aliphatic carbocycles. The van der Waals surface area contributed by atoms with Gasteiger partial charge in [0, 0.05) is 18.7 Å². The summed E-state index contributed by atoms with van der Waals surface area (Å²) < 4.78 is 1.93. The number of nitrogens with one attached hydrogen (secondary N) is 1. The van der Waals surface area contributed by atoms with Crippen molar-refractivity contribution in [3.8, 4) is 0 Å². The van der Waals surface area contributed by atoms with Gasteiger partial charge in [0.15, 0.2) is 0 Å². The van der Waals surface area contributed by atoms with Crippen LogP contribution in [-0.2, 0) is 17.9 Å². The molecule has 0 unspecified atom stereocenters. The van der Waals surface area contributed by atoms with Crippen molar-refractivity contribution in [1.82, 2.24) is 19.8 Å². The first-order chi connectivity index (χ1) is 13.7. The number of benzene rings is 2. The normalized spacial score (nSPS) is 14.2. The van der Waals surface area contributed by atoms with Gasteiger partial charge in [-0.05, 0) is 43.5 Å². The lowest BCUT2D eigenvalue weighted by Gasteiger charge is -2.27. The minimum Gasteiger partial charge on any atom is -0.345 e. The van der Waals surface area contributed by atoms with E-state index in [0.29, 0.717) is 11.4 Å². The van der Waals surface area contributed by atoms with Crippen LogP contribution in [0.4, 0.5) is 0 Å². The SMILES string of the molecule is O=C(NCc1nc2ccccc2n1CC(=O)N1CCCCC1)c1ccccc1. The van der Waals surface area contributed by atoms with E-state index in [0.717, 1.165) is 37.0 Å². The number of nitrogens with zero attached hydrogens (tertiary/aromatic N) is 3. The number of para-hydroxylation sites is 2. The molecule has 0 atom stereocenters. The Kier molecular flexibility index (Phi) is 5.37. The first-order valence-electron chi connectivity index (χ1n) is 9.77. The van der Waals surface area contributed by atoms with Crippen molar-refractivity contribution in [2.45, 2.75) is 32.4 Å². The van der Waals surface area contributed by atoms with Crippen LogP contribution in [0.25, 0.3) is 11.0 Å². The van der Waals surface area contributed by atoms with E-state index >= 15 is 0 Å². The van der Waals surface area contributed by atoms with Crippen molar-refractivity contribution in [3.63, 3.8) is 0 Å². The van der Waals surface area contributed by atoms with Gasteiger partial charge in [-0.2, -0.15) is 0 Å². The van der Waals surface area contributed by atoms with Gasteiger partial charge in [-0.25, -0.2) is 4.98 Å². The highest BCUT2D eigenvalue weighted by Crippen LogP contribution is 2.18. The molecule has 6 nitrogen and oxygen atoms in total. The van der Waals surface area contributed by atoms with Crippen LogP contribution in [0, 0.1) is 0 Å². The molecule has 0 spiro atoms. The average Bonchev–Trinajstić information content (AvgIpc) is 3.10. The van der Waals surface area contributed by atoms with Crippen molar-refractivity contribution >= 4 is 22.8 Å². The van der Waals surface area contributed by atoms with Crippen molar-refractivity contribution < 1.29 is 9.59 Å². The van der Waals surface area contributed by atoms with Crippen LogP contribution in [0.2, 0.25) is 0 Å². The molecule has 2 aromatic carbocycles. The molecule has 0 bridgehead atoms. The Hall–Kier alpha value is -3.15. The predicted octanol–water partition coefficient (Wildman–Crippen LogP) is 2.98. The highest BCUT2D eigenvalue weighted by atomic mass is 16.2. The number of rotatable bonds is 5. The van der Waals surface area contributed by atoms with E-state index in [9.17, 15) is 9.59 Å². The molecule has 3 aromatic rings. The molecule has 1 saturated heterocycles. The Bertz CT molecular complexity index is 975. The number of aromatic nitrogens is 2. The van der Waals surface area contributed by atoms with E-state index in [1.165, 1.54) is 6.42 Å². The summed E-state index contributed by atoms with van der Waals surface area (Å²) in [7, 11) is 0. The highest BCUT2D eigenvalue weighted by Gasteiger charge is 2.20. The molecule has 2 amide bonds. The number of likely N-dealkylation sites (tertiary alicyclic amines) is 1.